The van der Waals surface area contributed by atoms with Gasteiger partial charge in [0.2, 0.25) is 0 Å². The van der Waals surface area contributed by atoms with Gasteiger partial charge >= 0.3 is 5.69 Å². The van der Waals surface area contributed by atoms with Crippen LogP contribution in [0.4, 0.5) is 5.69 Å². The third-order valence-corrected chi connectivity index (χ3v) is 5.43. The van der Waals surface area contributed by atoms with E-state index < -0.39 is 4.92 Å². The minimum atomic E-state index is -0.533. The molecule has 0 aromatic heterocycles. The van der Waals surface area contributed by atoms with Crippen LogP contribution >= 0.6 is 0 Å². The van der Waals surface area contributed by atoms with E-state index in [0.717, 1.165) is 11.8 Å². The molecule has 4 atom stereocenters. The Bertz CT molecular complexity index is 631. The van der Waals surface area contributed by atoms with Crippen molar-refractivity contribution in [1.29, 1.82) is 0 Å². The minimum absolute atomic E-state index is 0.0963. The lowest BCUT2D eigenvalue weighted by molar-refractivity contribution is -0.385. The van der Waals surface area contributed by atoms with Crippen molar-refractivity contribution in [1.82, 2.24) is 5.32 Å². The van der Waals surface area contributed by atoms with E-state index in [9.17, 15) is 14.9 Å². The normalized spacial score (nSPS) is 26.8. The summed E-state index contributed by atoms with van der Waals surface area (Å²) in [4.78, 5) is 23.0. The molecule has 124 valence electrons. The van der Waals surface area contributed by atoms with E-state index in [1.165, 1.54) is 44.9 Å². The first-order valence-electron chi connectivity index (χ1n) is 8.13. The maximum Gasteiger partial charge on any atom is 0.311 e. The van der Waals surface area contributed by atoms with Gasteiger partial charge in [0.1, 0.15) is 0 Å². The Morgan fingerprint density at radius 3 is 2.74 bits per heavy atom. The number of nitrogens with zero attached hydrogens (tertiary/aromatic N) is 1. The number of amides is 1. The summed E-state index contributed by atoms with van der Waals surface area (Å²) in [7, 11) is 1.37. The number of nitro groups is 1. The quantitative estimate of drug-likeness (QED) is 0.668. The minimum Gasteiger partial charge on any atom is -0.490 e. The molecule has 2 saturated carbocycles. The molecule has 2 aliphatic rings. The fourth-order valence-corrected chi connectivity index (χ4v) is 4.28. The molecule has 0 unspecified atom stereocenters. The Morgan fingerprint density at radius 2 is 2.17 bits per heavy atom. The molecule has 23 heavy (non-hydrogen) atoms. The molecule has 2 aliphatic carbocycles. The number of benzene rings is 1. The number of nitrogens with one attached hydrogen (secondary N) is 1. The van der Waals surface area contributed by atoms with Crippen LogP contribution in [-0.4, -0.2) is 24.0 Å². The molecule has 6 nitrogen and oxygen atoms in total. The Kier molecular flexibility index (Phi) is 4.24. The smallest absolute Gasteiger partial charge is 0.311 e. The van der Waals surface area contributed by atoms with E-state index in [2.05, 4.69) is 5.32 Å². The topological polar surface area (TPSA) is 81.5 Å². The summed E-state index contributed by atoms with van der Waals surface area (Å²) < 4.78 is 4.96. The van der Waals surface area contributed by atoms with Crippen molar-refractivity contribution in [2.24, 2.45) is 17.8 Å². The molecule has 1 aromatic carbocycles. The van der Waals surface area contributed by atoms with Crippen LogP contribution in [-0.2, 0) is 0 Å². The Hall–Kier alpha value is -2.11. The zero-order valence-electron chi connectivity index (χ0n) is 13.5. The van der Waals surface area contributed by atoms with E-state index in [4.69, 9.17) is 4.74 Å². The molecule has 3 rings (SSSR count). The Balaban J connectivity index is 1.70. The number of hydrogen-bond acceptors (Lipinski definition) is 4. The Morgan fingerprint density at radius 1 is 1.39 bits per heavy atom. The molecule has 1 amide bonds. The van der Waals surface area contributed by atoms with Gasteiger partial charge in [-0.2, -0.15) is 0 Å². The van der Waals surface area contributed by atoms with Gasteiger partial charge < -0.3 is 10.1 Å². The van der Waals surface area contributed by atoms with Gasteiger partial charge in [0.15, 0.2) is 5.75 Å². The first kappa shape index (κ1) is 15.8. The summed E-state index contributed by atoms with van der Waals surface area (Å²) in [6.45, 7) is 2.04. The summed E-state index contributed by atoms with van der Waals surface area (Å²) in [5.74, 6) is 1.98. The van der Waals surface area contributed by atoms with Crippen LogP contribution in [0, 0.1) is 27.9 Å². The number of methoxy groups -OCH3 is 1. The molecule has 0 heterocycles. The van der Waals surface area contributed by atoms with E-state index in [1.54, 1.807) is 6.07 Å². The molecule has 6 heteroatoms. The number of fused-ring (bicyclic) bond motifs is 2. The summed E-state index contributed by atoms with van der Waals surface area (Å²) in [5.41, 5.74) is 0.111. The summed E-state index contributed by atoms with van der Waals surface area (Å²) in [5, 5.41) is 14.1. The fourth-order valence-electron chi connectivity index (χ4n) is 4.28. The molecule has 2 bridgehead atoms. The van der Waals surface area contributed by atoms with Crippen LogP contribution in [0.5, 0.6) is 5.75 Å². The van der Waals surface area contributed by atoms with E-state index >= 15 is 0 Å². The van der Waals surface area contributed by atoms with Crippen molar-refractivity contribution in [3.8, 4) is 5.75 Å². The van der Waals surface area contributed by atoms with E-state index in [1.807, 2.05) is 6.92 Å². The Labute approximate surface area is 135 Å². The van der Waals surface area contributed by atoms with Gasteiger partial charge in [0, 0.05) is 17.7 Å². The molecular weight excluding hydrogens is 296 g/mol. The highest BCUT2D eigenvalue weighted by Gasteiger charge is 2.42. The second-order valence-corrected chi connectivity index (χ2v) is 6.74. The molecular formula is C17H22N2O4. The van der Waals surface area contributed by atoms with Crippen LogP contribution in [0.25, 0.3) is 0 Å². The summed E-state index contributed by atoms with van der Waals surface area (Å²) in [6.07, 6.45) is 5.07. The maximum atomic E-state index is 12.4. The van der Waals surface area contributed by atoms with Crippen LogP contribution in [0.15, 0.2) is 18.2 Å². The average molecular weight is 318 g/mol. The third kappa shape index (κ3) is 3.02. The lowest BCUT2D eigenvalue weighted by atomic mass is 9.84. The highest BCUT2D eigenvalue weighted by molar-refractivity contribution is 5.95. The molecule has 2 fully saturated rings. The van der Waals surface area contributed by atoms with E-state index in [0.29, 0.717) is 11.5 Å². The standard InChI is InChI=1S/C17H22N2O4/c1-10(14-8-11-3-4-12(14)7-11)18-17(20)13-5-6-16(23-2)15(9-13)19(21)22/h5-6,9-12,14H,3-4,7-8H2,1-2H3,(H,18,20)/t10-,11-,12-,14+/m1/s1. The van der Waals surface area contributed by atoms with Gasteiger partial charge in [-0.1, -0.05) is 6.42 Å². The second-order valence-electron chi connectivity index (χ2n) is 6.74. The summed E-state index contributed by atoms with van der Waals surface area (Å²) in [6, 6.07) is 4.41. The monoisotopic (exact) mass is 318 g/mol. The van der Waals surface area contributed by atoms with Gasteiger partial charge in [-0.3, -0.25) is 14.9 Å². The van der Waals surface area contributed by atoms with Gasteiger partial charge in [0.25, 0.3) is 5.91 Å². The second kappa shape index (κ2) is 6.18. The van der Waals surface area contributed by atoms with Crippen molar-refractivity contribution in [2.75, 3.05) is 7.11 Å². The predicted molar refractivity (Wildman–Crippen MR) is 85.5 cm³/mol. The number of ether oxygens (including phenoxy) is 1. The van der Waals surface area contributed by atoms with Crippen molar-refractivity contribution in [3.05, 3.63) is 33.9 Å². The maximum absolute atomic E-state index is 12.4. The molecule has 1 N–H and O–H groups in total. The zero-order chi connectivity index (χ0) is 16.6. The number of rotatable bonds is 5. The van der Waals surface area contributed by atoms with Gasteiger partial charge in [-0.15, -0.1) is 0 Å². The average Bonchev–Trinajstić information content (AvgIpc) is 3.17. The number of hydrogen-bond donors (Lipinski definition) is 1. The largest absolute Gasteiger partial charge is 0.490 e. The molecule has 1 aromatic rings. The van der Waals surface area contributed by atoms with Crippen LogP contribution in [0.1, 0.15) is 43.0 Å². The first-order chi connectivity index (χ1) is 11.0. The zero-order valence-corrected chi connectivity index (χ0v) is 13.5. The van der Waals surface area contributed by atoms with Crippen LogP contribution in [0.3, 0.4) is 0 Å². The van der Waals surface area contributed by atoms with Crippen LogP contribution in [0.2, 0.25) is 0 Å². The SMILES string of the molecule is COc1ccc(C(=O)N[C@H](C)[C@@H]2C[C@@H]3CC[C@@H]2C3)cc1[N+](=O)[O-]. The third-order valence-electron chi connectivity index (χ3n) is 5.43. The summed E-state index contributed by atoms with van der Waals surface area (Å²) >= 11 is 0. The number of carbonyl (C=O) groups excluding carboxylic acids is 1. The lowest BCUT2D eigenvalue weighted by Gasteiger charge is -2.28. The van der Waals surface area contributed by atoms with Gasteiger partial charge in [-0.05, 0) is 56.1 Å². The fraction of sp³-hybridized carbons (Fsp3) is 0.588. The van der Waals surface area contributed by atoms with Crippen molar-refractivity contribution < 1.29 is 14.5 Å². The lowest BCUT2D eigenvalue weighted by Crippen LogP contribution is -2.40. The predicted octanol–water partition coefficient (Wildman–Crippen LogP) is 3.16. The van der Waals surface area contributed by atoms with Crippen LogP contribution < -0.4 is 10.1 Å². The van der Waals surface area contributed by atoms with Gasteiger partial charge in [0.05, 0.1) is 12.0 Å². The first-order valence-corrected chi connectivity index (χ1v) is 8.13. The van der Waals surface area contributed by atoms with E-state index in [-0.39, 0.29) is 23.4 Å². The molecule has 0 saturated heterocycles. The van der Waals surface area contributed by atoms with Crippen molar-refractivity contribution in [3.63, 3.8) is 0 Å². The van der Waals surface area contributed by atoms with Crippen molar-refractivity contribution >= 4 is 11.6 Å². The van der Waals surface area contributed by atoms with Gasteiger partial charge in [-0.25, -0.2) is 0 Å². The number of carbonyl (C=O) groups is 1. The molecule has 0 spiro atoms. The van der Waals surface area contributed by atoms with Crippen molar-refractivity contribution in [2.45, 2.75) is 38.6 Å². The molecule has 0 aliphatic heterocycles. The highest BCUT2D eigenvalue weighted by atomic mass is 16.6. The number of nitro benzene ring substituents is 1. The molecule has 0 radical (unpaired) electrons. The highest BCUT2D eigenvalue weighted by Crippen LogP contribution is 2.49.